The van der Waals surface area contributed by atoms with E-state index in [9.17, 15) is 14.9 Å². The van der Waals surface area contributed by atoms with Gasteiger partial charge < -0.3 is 19.2 Å². The number of rotatable bonds is 8. The smallest absolute Gasteiger partial charge is 0.338 e. The van der Waals surface area contributed by atoms with Crippen LogP contribution in [0, 0.1) is 11.3 Å². The molecular weight excluding hydrogens is 408 g/mol. The largest absolute Gasteiger partial charge is 0.492 e. The molecule has 7 heteroatoms. The van der Waals surface area contributed by atoms with Crippen LogP contribution in [-0.2, 0) is 9.53 Å². The zero-order chi connectivity index (χ0) is 22.9. The summed E-state index contributed by atoms with van der Waals surface area (Å²) in [5.41, 5.74) is 1.54. The predicted molar refractivity (Wildman–Crippen MR) is 120 cm³/mol. The van der Waals surface area contributed by atoms with Gasteiger partial charge in [0.1, 0.15) is 28.9 Å². The Morgan fingerprint density at radius 2 is 1.78 bits per heavy atom. The Morgan fingerprint density at radius 1 is 1.03 bits per heavy atom. The molecule has 3 rings (SSSR count). The van der Waals surface area contributed by atoms with Crippen molar-refractivity contribution in [2.45, 2.75) is 13.8 Å². The molecule has 3 aromatic rings. The van der Waals surface area contributed by atoms with E-state index in [0.717, 1.165) is 5.56 Å². The normalized spacial score (nSPS) is 10.8. The van der Waals surface area contributed by atoms with Gasteiger partial charge in [0.05, 0.1) is 24.5 Å². The number of benzene rings is 2. The van der Waals surface area contributed by atoms with Crippen LogP contribution >= 0.6 is 0 Å². The Bertz CT molecular complexity index is 1170. The van der Waals surface area contributed by atoms with Gasteiger partial charge in [-0.3, -0.25) is 4.79 Å². The molecule has 0 atom stereocenters. The minimum Gasteiger partial charge on any atom is -0.492 e. The van der Waals surface area contributed by atoms with Crippen molar-refractivity contribution < 1.29 is 23.5 Å². The number of nitrogens with zero attached hydrogens (tertiary/aromatic N) is 1. The lowest BCUT2D eigenvalue weighted by atomic mass is 10.1. The first-order valence-corrected chi connectivity index (χ1v) is 10.1. The van der Waals surface area contributed by atoms with E-state index in [1.165, 1.54) is 6.08 Å². The van der Waals surface area contributed by atoms with E-state index in [1.54, 1.807) is 67.6 Å². The molecule has 0 spiro atoms. The van der Waals surface area contributed by atoms with Crippen LogP contribution in [0.1, 0.15) is 30.0 Å². The summed E-state index contributed by atoms with van der Waals surface area (Å²) in [6, 6.07) is 19.1. The highest BCUT2D eigenvalue weighted by Crippen LogP contribution is 2.26. The van der Waals surface area contributed by atoms with E-state index in [-0.39, 0.29) is 5.57 Å². The number of hydrogen-bond acceptors (Lipinski definition) is 6. The van der Waals surface area contributed by atoms with Gasteiger partial charge in [-0.25, -0.2) is 4.79 Å². The van der Waals surface area contributed by atoms with E-state index in [4.69, 9.17) is 13.9 Å². The van der Waals surface area contributed by atoms with Crippen LogP contribution in [-0.4, -0.2) is 25.1 Å². The number of carbonyl (C=O) groups excluding carboxylic acids is 2. The molecule has 0 bridgehead atoms. The van der Waals surface area contributed by atoms with Gasteiger partial charge in [0.15, 0.2) is 0 Å². The van der Waals surface area contributed by atoms with Gasteiger partial charge in [-0.2, -0.15) is 5.26 Å². The second-order valence-electron chi connectivity index (χ2n) is 6.55. The lowest BCUT2D eigenvalue weighted by Gasteiger charge is -2.10. The molecule has 32 heavy (non-hydrogen) atoms. The van der Waals surface area contributed by atoms with E-state index < -0.39 is 11.9 Å². The fourth-order valence-electron chi connectivity index (χ4n) is 2.90. The number of hydrogen-bond donors (Lipinski definition) is 1. The minimum atomic E-state index is -0.573. The first kappa shape index (κ1) is 22.4. The van der Waals surface area contributed by atoms with Crippen LogP contribution < -0.4 is 10.1 Å². The minimum absolute atomic E-state index is 0.116. The van der Waals surface area contributed by atoms with E-state index in [2.05, 4.69) is 5.32 Å². The maximum absolute atomic E-state index is 12.6. The summed E-state index contributed by atoms with van der Waals surface area (Å²) in [4.78, 5) is 24.4. The highest BCUT2D eigenvalue weighted by atomic mass is 16.5. The van der Waals surface area contributed by atoms with Gasteiger partial charge in [-0.15, -0.1) is 0 Å². The number of carbonyl (C=O) groups is 2. The Balaban J connectivity index is 1.76. The van der Waals surface area contributed by atoms with Crippen molar-refractivity contribution >= 4 is 23.6 Å². The van der Waals surface area contributed by atoms with Crippen LogP contribution in [0.15, 0.2) is 70.7 Å². The molecule has 0 fully saturated rings. The zero-order valence-electron chi connectivity index (χ0n) is 17.8. The second-order valence-corrected chi connectivity index (χ2v) is 6.55. The lowest BCUT2D eigenvalue weighted by Crippen LogP contribution is -2.14. The third-order valence-electron chi connectivity index (χ3n) is 4.39. The average Bonchev–Trinajstić information content (AvgIpc) is 3.28. The number of amides is 1. The first-order chi connectivity index (χ1) is 15.5. The maximum atomic E-state index is 12.6. The molecule has 0 unspecified atom stereocenters. The number of para-hydroxylation sites is 2. The molecule has 1 aromatic heterocycles. The molecule has 1 N–H and O–H groups in total. The molecule has 0 saturated heterocycles. The van der Waals surface area contributed by atoms with Crippen molar-refractivity contribution in [3.05, 3.63) is 77.6 Å². The average molecular weight is 430 g/mol. The third kappa shape index (κ3) is 5.43. The summed E-state index contributed by atoms with van der Waals surface area (Å²) >= 11 is 0. The summed E-state index contributed by atoms with van der Waals surface area (Å²) in [7, 11) is 0. The molecule has 1 heterocycles. The number of ether oxygens (including phenoxy) is 2. The predicted octanol–water partition coefficient (Wildman–Crippen LogP) is 5.07. The molecule has 0 saturated carbocycles. The van der Waals surface area contributed by atoms with Crippen LogP contribution in [0.3, 0.4) is 0 Å². The van der Waals surface area contributed by atoms with Gasteiger partial charge in [0, 0.05) is 11.6 Å². The van der Waals surface area contributed by atoms with E-state index in [1.807, 2.05) is 13.0 Å². The van der Waals surface area contributed by atoms with Crippen molar-refractivity contribution in [3.63, 3.8) is 0 Å². The van der Waals surface area contributed by atoms with Crippen molar-refractivity contribution in [3.8, 4) is 23.1 Å². The second kappa shape index (κ2) is 10.6. The maximum Gasteiger partial charge on any atom is 0.338 e. The fourth-order valence-corrected chi connectivity index (χ4v) is 2.90. The highest BCUT2D eigenvalue weighted by molar-refractivity contribution is 6.10. The quantitative estimate of drug-likeness (QED) is 0.304. The van der Waals surface area contributed by atoms with Crippen LogP contribution in [0.2, 0.25) is 0 Å². The molecule has 0 radical (unpaired) electrons. The van der Waals surface area contributed by atoms with Crippen molar-refractivity contribution in [2.24, 2.45) is 0 Å². The number of esters is 1. The third-order valence-corrected chi connectivity index (χ3v) is 4.39. The Morgan fingerprint density at radius 3 is 2.47 bits per heavy atom. The fraction of sp³-hybridized carbons (Fsp3) is 0.160. The van der Waals surface area contributed by atoms with Gasteiger partial charge in [-0.05, 0) is 50.2 Å². The standard InChI is InChI=1S/C25H22N2O5/c1-3-30-23-8-6-5-7-21(23)27-24(28)19(16-26)15-20-13-14-22(32-20)17-9-11-18(12-10-17)25(29)31-4-2/h5-15H,3-4H2,1-2H3,(H,27,28). The molecule has 7 nitrogen and oxygen atoms in total. The topological polar surface area (TPSA) is 102 Å². The lowest BCUT2D eigenvalue weighted by molar-refractivity contribution is -0.112. The SMILES string of the molecule is CCOC(=O)c1ccc(-c2ccc(C=C(C#N)C(=O)Nc3ccccc3OCC)o2)cc1. The first-order valence-electron chi connectivity index (χ1n) is 10.1. The number of nitriles is 1. The number of nitrogens with one attached hydrogen (secondary N) is 1. The van der Waals surface area contributed by atoms with Gasteiger partial charge in [-0.1, -0.05) is 24.3 Å². The molecule has 1 amide bonds. The molecule has 0 aliphatic rings. The van der Waals surface area contributed by atoms with Crippen LogP contribution in [0.4, 0.5) is 5.69 Å². The van der Waals surface area contributed by atoms with Crippen molar-refractivity contribution in [1.82, 2.24) is 0 Å². The number of anilines is 1. The summed E-state index contributed by atoms with van der Waals surface area (Å²) in [6.07, 6.45) is 1.37. The Kier molecular flexibility index (Phi) is 7.44. The Labute approximate surface area is 185 Å². The van der Waals surface area contributed by atoms with Crippen molar-refractivity contribution in [1.29, 1.82) is 5.26 Å². The van der Waals surface area contributed by atoms with E-state index in [0.29, 0.717) is 41.7 Å². The van der Waals surface area contributed by atoms with Gasteiger partial charge >= 0.3 is 5.97 Å². The molecule has 2 aromatic carbocycles. The van der Waals surface area contributed by atoms with Crippen LogP contribution in [0.5, 0.6) is 5.75 Å². The molecule has 0 aliphatic heterocycles. The molecule has 162 valence electrons. The van der Waals surface area contributed by atoms with Gasteiger partial charge in [0.2, 0.25) is 0 Å². The molecule has 0 aliphatic carbocycles. The zero-order valence-corrected chi connectivity index (χ0v) is 17.8. The molecular formula is C25H22N2O5. The Hall–Kier alpha value is -4.31. The summed E-state index contributed by atoms with van der Waals surface area (Å²) in [6.45, 7) is 4.35. The summed E-state index contributed by atoms with van der Waals surface area (Å²) in [5.74, 6) is 0.437. The van der Waals surface area contributed by atoms with Crippen LogP contribution in [0.25, 0.3) is 17.4 Å². The summed E-state index contributed by atoms with van der Waals surface area (Å²) < 4.78 is 16.2. The van der Waals surface area contributed by atoms with Gasteiger partial charge in [0.25, 0.3) is 5.91 Å². The van der Waals surface area contributed by atoms with E-state index >= 15 is 0 Å². The highest BCUT2D eigenvalue weighted by Gasteiger charge is 2.14. The summed E-state index contributed by atoms with van der Waals surface area (Å²) in [5, 5.41) is 12.2. The number of furan rings is 1. The van der Waals surface area contributed by atoms with Crippen molar-refractivity contribution in [2.75, 3.05) is 18.5 Å². The monoisotopic (exact) mass is 430 g/mol.